The van der Waals surface area contributed by atoms with E-state index < -0.39 is 0 Å². The van der Waals surface area contributed by atoms with Crippen molar-refractivity contribution >= 4 is 16.9 Å². The molecule has 2 aromatic rings. The number of esters is 1. The van der Waals surface area contributed by atoms with E-state index in [1.54, 1.807) is 19.3 Å². The van der Waals surface area contributed by atoms with Gasteiger partial charge in [-0.05, 0) is 13.0 Å². The Morgan fingerprint density at radius 3 is 3.00 bits per heavy atom. The van der Waals surface area contributed by atoms with Gasteiger partial charge in [0, 0.05) is 37.1 Å². The number of hydrogen-bond donors (Lipinski definition) is 1. The molecule has 5 nitrogen and oxygen atoms in total. The summed E-state index contributed by atoms with van der Waals surface area (Å²) < 4.78 is 6.96. The predicted octanol–water partition coefficient (Wildman–Crippen LogP) is 1.21. The van der Waals surface area contributed by atoms with Crippen LogP contribution in [-0.4, -0.2) is 22.1 Å². The monoisotopic (exact) mass is 233 g/mol. The molecular formula is C12H15N3O2. The van der Waals surface area contributed by atoms with Gasteiger partial charge in [-0.25, -0.2) is 4.79 Å². The Hall–Kier alpha value is -1.88. The number of fused-ring (bicyclic) bond motifs is 1. The van der Waals surface area contributed by atoms with E-state index in [4.69, 9.17) is 10.5 Å². The molecule has 2 aromatic heterocycles. The molecule has 0 radical (unpaired) electrons. The van der Waals surface area contributed by atoms with Crippen LogP contribution in [0.1, 0.15) is 23.0 Å². The number of rotatable bonds is 3. The molecule has 0 aliphatic heterocycles. The average molecular weight is 233 g/mol. The maximum absolute atomic E-state index is 11.9. The fourth-order valence-corrected chi connectivity index (χ4v) is 2.01. The maximum atomic E-state index is 11.9. The zero-order valence-electron chi connectivity index (χ0n) is 9.93. The van der Waals surface area contributed by atoms with Crippen LogP contribution in [-0.2, 0) is 18.3 Å². The van der Waals surface area contributed by atoms with Gasteiger partial charge in [-0.3, -0.25) is 4.98 Å². The highest BCUT2D eigenvalue weighted by Crippen LogP contribution is 2.24. The van der Waals surface area contributed by atoms with Crippen molar-refractivity contribution in [2.45, 2.75) is 13.5 Å². The van der Waals surface area contributed by atoms with Crippen molar-refractivity contribution in [2.24, 2.45) is 12.8 Å². The lowest BCUT2D eigenvalue weighted by Gasteiger charge is -2.04. The lowest BCUT2D eigenvalue weighted by Crippen LogP contribution is -2.12. The lowest BCUT2D eigenvalue weighted by atomic mass is 10.1. The molecule has 2 N–H and O–H groups in total. The normalized spacial score (nSPS) is 10.8. The summed E-state index contributed by atoms with van der Waals surface area (Å²) in [5.41, 5.74) is 7.93. The molecule has 2 rings (SSSR count). The van der Waals surface area contributed by atoms with Crippen molar-refractivity contribution in [2.75, 3.05) is 6.61 Å². The smallest absolute Gasteiger partial charge is 0.340 e. The molecule has 0 aromatic carbocycles. The second-order valence-corrected chi connectivity index (χ2v) is 3.70. The Balaban J connectivity index is 2.71. The number of aryl methyl sites for hydroxylation is 1. The zero-order valence-corrected chi connectivity index (χ0v) is 9.93. The van der Waals surface area contributed by atoms with Crippen LogP contribution in [0.25, 0.3) is 10.9 Å². The standard InChI is InChI=1S/C12H15N3O2/c1-3-17-12(16)11-8-7-14-5-4-9(8)15(2)10(11)6-13/h4-5,7H,3,6,13H2,1-2H3. The minimum atomic E-state index is -0.341. The number of hydrogen-bond acceptors (Lipinski definition) is 4. The van der Waals surface area contributed by atoms with E-state index in [2.05, 4.69) is 4.98 Å². The second-order valence-electron chi connectivity index (χ2n) is 3.70. The summed E-state index contributed by atoms with van der Waals surface area (Å²) in [5, 5.41) is 0.786. The van der Waals surface area contributed by atoms with Crippen molar-refractivity contribution in [3.63, 3.8) is 0 Å². The molecule has 0 aliphatic rings. The highest BCUT2D eigenvalue weighted by atomic mass is 16.5. The van der Waals surface area contributed by atoms with Crippen molar-refractivity contribution < 1.29 is 9.53 Å². The summed E-state index contributed by atoms with van der Waals surface area (Å²) in [5.74, 6) is -0.341. The van der Waals surface area contributed by atoms with E-state index >= 15 is 0 Å². The molecule has 0 amide bonds. The van der Waals surface area contributed by atoms with Crippen LogP contribution in [0.15, 0.2) is 18.5 Å². The van der Waals surface area contributed by atoms with Crippen molar-refractivity contribution in [1.29, 1.82) is 0 Å². The van der Waals surface area contributed by atoms with E-state index in [1.165, 1.54) is 0 Å². The Morgan fingerprint density at radius 2 is 2.35 bits per heavy atom. The van der Waals surface area contributed by atoms with Crippen LogP contribution in [0.5, 0.6) is 0 Å². The molecule has 5 heteroatoms. The summed E-state index contributed by atoms with van der Waals surface area (Å²) >= 11 is 0. The first-order chi connectivity index (χ1) is 8.20. The fourth-order valence-electron chi connectivity index (χ4n) is 2.01. The quantitative estimate of drug-likeness (QED) is 0.809. The van der Waals surface area contributed by atoms with Crippen molar-refractivity contribution in [1.82, 2.24) is 9.55 Å². The summed E-state index contributed by atoms with van der Waals surface area (Å²) in [6.45, 7) is 2.42. The van der Waals surface area contributed by atoms with Gasteiger partial charge in [0.25, 0.3) is 0 Å². The Labute approximate surface area is 99.2 Å². The van der Waals surface area contributed by atoms with Gasteiger partial charge in [-0.15, -0.1) is 0 Å². The minimum Gasteiger partial charge on any atom is -0.462 e. The summed E-state index contributed by atoms with van der Waals surface area (Å²) in [7, 11) is 1.88. The minimum absolute atomic E-state index is 0.291. The Morgan fingerprint density at radius 1 is 1.59 bits per heavy atom. The second kappa shape index (κ2) is 4.55. The fraction of sp³-hybridized carbons (Fsp3) is 0.333. The van der Waals surface area contributed by atoms with Gasteiger partial charge in [0.1, 0.15) is 0 Å². The molecule has 0 fully saturated rings. The number of aromatic nitrogens is 2. The van der Waals surface area contributed by atoms with Gasteiger partial charge in [0.05, 0.1) is 17.7 Å². The van der Waals surface area contributed by atoms with E-state index in [0.29, 0.717) is 18.7 Å². The molecule has 0 bridgehead atoms. The van der Waals surface area contributed by atoms with Crippen LogP contribution in [0, 0.1) is 0 Å². The molecule has 90 valence electrons. The van der Waals surface area contributed by atoms with E-state index in [-0.39, 0.29) is 5.97 Å². The number of carbonyl (C=O) groups is 1. The number of nitrogens with two attached hydrogens (primary N) is 1. The van der Waals surface area contributed by atoms with Gasteiger partial charge < -0.3 is 15.0 Å². The van der Waals surface area contributed by atoms with E-state index in [0.717, 1.165) is 16.6 Å². The molecule has 17 heavy (non-hydrogen) atoms. The number of ether oxygens (including phenoxy) is 1. The van der Waals surface area contributed by atoms with E-state index in [1.807, 2.05) is 17.7 Å². The first-order valence-electron chi connectivity index (χ1n) is 5.49. The van der Waals surface area contributed by atoms with Crippen LogP contribution in [0.4, 0.5) is 0 Å². The highest BCUT2D eigenvalue weighted by Gasteiger charge is 2.20. The maximum Gasteiger partial charge on any atom is 0.340 e. The molecule has 0 saturated heterocycles. The number of nitrogens with zero attached hydrogens (tertiary/aromatic N) is 2. The molecule has 0 unspecified atom stereocenters. The third kappa shape index (κ3) is 1.78. The van der Waals surface area contributed by atoms with E-state index in [9.17, 15) is 4.79 Å². The summed E-state index contributed by atoms with van der Waals surface area (Å²) in [4.78, 5) is 16.0. The Bertz CT molecular complexity index is 560. The average Bonchev–Trinajstić information content (AvgIpc) is 2.63. The summed E-state index contributed by atoms with van der Waals surface area (Å²) in [6.07, 6.45) is 3.36. The molecule has 0 spiro atoms. The Kier molecular flexibility index (Phi) is 3.10. The van der Waals surface area contributed by atoms with Crippen LogP contribution in [0.2, 0.25) is 0 Å². The summed E-state index contributed by atoms with van der Waals surface area (Å²) in [6, 6.07) is 1.86. The predicted molar refractivity (Wildman–Crippen MR) is 64.6 cm³/mol. The molecule has 0 saturated carbocycles. The van der Waals surface area contributed by atoms with Crippen molar-refractivity contribution in [3.05, 3.63) is 29.7 Å². The molecule has 0 atom stereocenters. The molecule has 2 heterocycles. The largest absolute Gasteiger partial charge is 0.462 e. The lowest BCUT2D eigenvalue weighted by molar-refractivity contribution is 0.0527. The number of carbonyl (C=O) groups excluding carboxylic acids is 1. The van der Waals surface area contributed by atoms with Crippen molar-refractivity contribution in [3.8, 4) is 0 Å². The van der Waals surface area contributed by atoms with Gasteiger partial charge in [-0.1, -0.05) is 0 Å². The zero-order chi connectivity index (χ0) is 12.4. The topological polar surface area (TPSA) is 70.1 Å². The van der Waals surface area contributed by atoms with Gasteiger partial charge in [0.2, 0.25) is 0 Å². The first kappa shape index (κ1) is 11.6. The van der Waals surface area contributed by atoms with Crippen LogP contribution >= 0.6 is 0 Å². The van der Waals surface area contributed by atoms with Crippen LogP contribution in [0.3, 0.4) is 0 Å². The number of pyridine rings is 1. The third-order valence-corrected chi connectivity index (χ3v) is 2.80. The van der Waals surface area contributed by atoms with Gasteiger partial charge >= 0.3 is 5.97 Å². The highest BCUT2D eigenvalue weighted by molar-refractivity contribution is 6.05. The van der Waals surface area contributed by atoms with Gasteiger partial charge in [0.15, 0.2) is 0 Å². The molecular weight excluding hydrogens is 218 g/mol. The third-order valence-electron chi connectivity index (χ3n) is 2.80. The first-order valence-corrected chi connectivity index (χ1v) is 5.49. The SMILES string of the molecule is CCOC(=O)c1c(CN)n(C)c2ccncc12. The van der Waals surface area contributed by atoms with Crippen LogP contribution < -0.4 is 5.73 Å². The van der Waals surface area contributed by atoms with Gasteiger partial charge in [-0.2, -0.15) is 0 Å². The molecule has 0 aliphatic carbocycles.